The van der Waals surface area contributed by atoms with Gasteiger partial charge in [-0.2, -0.15) is 0 Å². The molecular formula is C26H26N4O6. The van der Waals surface area contributed by atoms with Crippen molar-refractivity contribution in [1.82, 2.24) is 15.3 Å². The molecule has 2 N–H and O–H groups in total. The Balaban J connectivity index is 1.52. The number of Topliss-reactive ketones (excluding diaryl/α,β-unsaturated/α-hetero) is 1. The molecular weight excluding hydrogens is 464 g/mol. The first kappa shape index (κ1) is 24.8. The lowest BCUT2D eigenvalue weighted by Gasteiger charge is -2.30. The molecule has 3 aromatic rings. The predicted octanol–water partition coefficient (Wildman–Crippen LogP) is 2.76. The Kier molecular flexibility index (Phi) is 7.23. The quantitative estimate of drug-likeness (QED) is 0.442. The lowest BCUT2D eigenvalue weighted by atomic mass is 9.83. The maximum atomic E-state index is 13.5. The number of hydrogen-bond acceptors (Lipinski definition) is 8. The molecule has 0 saturated heterocycles. The molecule has 0 unspecified atom stereocenters. The van der Waals surface area contributed by atoms with Crippen LogP contribution in [0.25, 0.3) is 10.8 Å². The Labute approximate surface area is 207 Å². The van der Waals surface area contributed by atoms with Gasteiger partial charge in [0.1, 0.15) is 11.8 Å². The fraction of sp³-hybridized carbons (Fsp3) is 0.308. The average Bonchev–Trinajstić information content (AvgIpc) is 3.34. The highest BCUT2D eigenvalue weighted by Gasteiger charge is 2.51. The van der Waals surface area contributed by atoms with E-state index in [1.165, 1.54) is 6.20 Å². The number of carbonyl (C=O) groups excluding carboxylic acids is 2. The van der Waals surface area contributed by atoms with E-state index < -0.39 is 42.3 Å². The first-order valence-corrected chi connectivity index (χ1v) is 11.5. The monoisotopic (exact) mass is 490 g/mol. The van der Waals surface area contributed by atoms with E-state index in [2.05, 4.69) is 20.4 Å². The van der Waals surface area contributed by atoms with Crippen molar-refractivity contribution in [3.63, 3.8) is 0 Å². The maximum absolute atomic E-state index is 13.5. The third-order valence-corrected chi connectivity index (χ3v) is 6.09. The molecule has 0 bridgehead atoms. The van der Waals surface area contributed by atoms with Crippen molar-refractivity contribution in [1.29, 1.82) is 0 Å². The van der Waals surface area contributed by atoms with Gasteiger partial charge in [-0.05, 0) is 17.5 Å². The summed E-state index contributed by atoms with van der Waals surface area (Å²) in [4.78, 5) is 51.9. The van der Waals surface area contributed by atoms with E-state index >= 15 is 0 Å². The Bertz CT molecular complexity index is 1300. The number of nitrogens with zero attached hydrogens (tertiary/aromatic N) is 3. The molecule has 10 nitrogen and oxygen atoms in total. The van der Waals surface area contributed by atoms with Gasteiger partial charge in [0.15, 0.2) is 12.4 Å². The van der Waals surface area contributed by atoms with Crippen LogP contribution in [0.4, 0.5) is 0 Å². The van der Waals surface area contributed by atoms with Gasteiger partial charge >= 0.3 is 5.97 Å². The molecule has 3 heterocycles. The summed E-state index contributed by atoms with van der Waals surface area (Å²) in [5, 5.41) is 17.9. The van der Waals surface area contributed by atoms with Crippen LogP contribution < -0.4 is 10.1 Å². The Morgan fingerprint density at radius 1 is 1.08 bits per heavy atom. The van der Waals surface area contributed by atoms with Gasteiger partial charge in [0.05, 0.1) is 12.1 Å². The highest BCUT2D eigenvalue weighted by Crippen LogP contribution is 2.35. The molecule has 1 aliphatic heterocycles. The molecule has 2 aromatic heterocycles. The van der Waals surface area contributed by atoms with Crippen molar-refractivity contribution >= 4 is 34.1 Å². The number of ketones is 1. The zero-order valence-electron chi connectivity index (χ0n) is 19.9. The predicted molar refractivity (Wildman–Crippen MR) is 130 cm³/mol. The summed E-state index contributed by atoms with van der Waals surface area (Å²) in [5.74, 6) is -2.61. The number of oxime groups is 1. The minimum absolute atomic E-state index is 0.107. The molecule has 0 spiro atoms. The Morgan fingerprint density at radius 3 is 2.58 bits per heavy atom. The number of pyridine rings is 2. The highest BCUT2D eigenvalue weighted by molar-refractivity contribution is 6.12. The van der Waals surface area contributed by atoms with Gasteiger partial charge < -0.3 is 20.0 Å². The third kappa shape index (κ3) is 5.17. The number of carboxylic acid groups (broad SMARTS) is 1. The van der Waals surface area contributed by atoms with Crippen molar-refractivity contribution in [3.8, 4) is 5.88 Å². The van der Waals surface area contributed by atoms with Crippen LogP contribution in [0.2, 0.25) is 0 Å². The summed E-state index contributed by atoms with van der Waals surface area (Å²) in [6.07, 6.45) is 2.67. The molecule has 1 amide bonds. The second-order valence-electron chi connectivity index (χ2n) is 8.78. The fourth-order valence-corrected chi connectivity index (χ4v) is 4.00. The standard InChI is InChI=1S/C26H26N4O6/c1-16(2)26(14-20(30-36-26)24-18-8-4-3-7-17(18)10-12-28-24)25(34)29-19(13-23(32)33)21(31)15-35-22-9-5-6-11-27-22/h3-12,16,19H,13-15H2,1-2H3,(H,29,34)(H,32,33)/t19-,26+/m0/s1. The highest BCUT2D eigenvalue weighted by atomic mass is 16.7. The van der Waals surface area contributed by atoms with E-state index in [-0.39, 0.29) is 18.2 Å². The molecule has 0 radical (unpaired) electrons. The summed E-state index contributed by atoms with van der Waals surface area (Å²) >= 11 is 0. The second-order valence-corrected chi connectivity index (χ2v) is 8.78. The van der Waals surface area contributed by atoms with Gasteiger partial charge in [-0.25, -0.2) is 4.98 Å². The van der Waals surface area contributed by atoms with Gasteiger partial charge in [0.2, 0.25) is 11.5 Å². The minimum Gasteiger partial charge on any atom is -0.481 e. The van der Waals surface area contributed by atoms with Crippen molar-refractivity contribution in [2.75, 3.05) is 6.61 Å². The minimum atomic E-state index is -1.44. The van der Waals surface area contributed by atoms with E-state index in [1.807, 2.05) is 30.3 Å². The molecule has 0 aliphatic carbocycles. The van der Waals surface area contributed by atoms with Crippen LogP contribution in [0, 0.1) is 5.92 Å². The maximum Gasteiger partial charge on any atom is 0.305 e. The number of ether oxygens (including phenoxy) is 1. The molecule has 2 atom stereocenters. The van der Waals surface area contributed by atoms with Gasteiger partial charge in [-0.3, -0.25) is 19.4 Å². The van der Waals surface area contributed by atoms with E-state index in [9.17, 15) is 19.5 Å². The van der Waals surface area contributed by atoms with Crippen LogP contribution in [0.15, 0.2) is 66.1 Å². The summed E-state index contributed by atoms with van der Waals surface area (Å²) < 4.78 is 5.36. The van der Waals surface area contributed by atoms with E-state index in [1.54, 1.807) is 38.2 Å². The smallest absolute Gasteiger partial charge is 0.305 e. The molecule has 1 aliphatic rings. The largest absolute Gasteiger partial charge is 0.481 e. The SMILES string of the molecule is CC(C)[C@@]1(C(=O)N[C@@H](CC(=O)O)C(=O)COc2ccccn2)CC(c2nccc3ccccc23)=NO1. The molecule has 10 heteroatoms. The molecule has 0 fully saturated rings. The lowest BCUT2D eigenvalue weighted by molar-refractivity contribution is -0.152. The van der Waals surface area contributed by atoms with E-state index in [4.69, 9.17) is 9.57 Å². The van der Waals surface area contributed by atoms with Crippen LogP contribution >= 0.6 is 0 Å². The Hall–Kier alpha value is -4.34. The van der Waals surface area contributed by atoms with Crippen LogP contribution in [0.5, 0.6) is 5.88 Å². The normalized spacial score (nSPS) is 17.8. The van der Waals surface area contributed by atoms with Crippen molar-refractivity contribution < 1.29 is 29.1 Å². The second kappa shape index (κ2) is 10.5. The van der Waals surface area contributed by atoms with Crippen LogP contribution in [-0.2, 0) is 19.2 Å². The van der Waals surface area contributed by atoms with Crippen molar-refractivity contribution in [3.05, 3.63) is 66.6 Å². The number of carboxylic acids is 1. The number of fused-ring (bicyclic) bond motifs is 1. The van der Waals surface area contributed by atoms with E-state index in [0.717, 1.165) is 10.8 Å². The molecule has 4 rings (SSSR count). The third-order valence-electron chi connectivity index (χ3n) is 6.09. The summed E-state index contributed by atoms with van der Waals surface area (Å²) in [7, 11) is 0. The van der Waals surface area contributed by atoms with Crippen molar-refractivity contribution in [2.24, 2.45) is 11.1 Å². The molecule has 186 valence electrons. The topological polar surface area (TPSA) is 140 Å². The van der Waals surface area contributed by atoms with Gasteiger partial charge in [-0.15, -0.1) is 0 Å². The number of benzene rings is 1. The molecule has 0 saturated carbocycles. The summed E-state index contributed by atoms with van der Waals surface area (Å²) in [5.41, 5.74) is -0.340. The first-order chi connectivity index (χ1) is 17.3. The average molecular weight is 491 g/mol. The van der Waals surface area contributed by atoms with Gasteiger partial charge in [0, 0.05) is 36.2 Å². The lowest BCUT2D eigenvalue weighted by Crippen LogP contribution is -2.56. The number of hydrogen-bond donors (Lipinski definition) is 2. The number of aliphatic carboxylic acids is 1. The van der Waals surface area contributed by atoms with Crippen LogP contribution in [-0.4, -0.2) is 56.7 Å². The zero-order valence-corrected chi connectivity index (χ0v) is 19.9. The number of nitrogens with one attached hydrogen (secondary N) is 1. The first-order valence-electron chi connectivity index (χ1n) is 11.5. The number of rotatable bonds is 10. The number of amides is 1. The number of carbonyl (C=O) groups is 3. The fourth-order valence-electron chi connectivity index (χ4n) is 4.00. The van der Waals surface area contributed by atoms with Crippen molar-refractivity contribution in [2.45, 2.75) is 38.3 Å². The Morgan fingerprint density at radius 2 is 1.86 bits per heavy atom. The zero-order chi connectivity index (χ0) is 25.7. The molecule has 1 aromatic carbocycles. The van der Waals surface area contributed by atoms with Crippen LogP contribution in [0.1, 0.15) is 32.4 Å². The van der Waals surface area contributed by atoms with Gasteiger partial charge in [0.25, 0.3) is 5.91 Å². The van der Waals surface area contributed by atoms with Gasteiger partial charge in [-0.1, -0.05) is 49.3 Å². The van der Waals surface area contributed by atoms with E-state index in [0.29, 0.717) is 11.4 Å². The van der Waals surface area contributed by atoms with Crippen LogP contribution in [0.3, 0.4) is 0 Å². The summed E-state index contributed by atoms with van der Waals surface area (Å²) in [6, 6.07) is 13.2. The number of aromatic nitrogens is 2. The summed E-state index contributed by atoms with van der Waals surface area (Å²) in [6.45, 7) is 3.14. The molecule has 36 heavy (non-hydrogen) atoms.